The quantitative estimate of drug-likeness (QED) is 0.410. The molecule has 0 unspecified atom stereocenters. The first-order chi connectivity index (χ1) is 13.2. The van der Waals surface area contributed by atoms with Gasteiger partial charge in [-0.2, -0.15) is 0 Å². The molecule has 0 aliphatic rings. The molecular formula is C14H15Cl4NO12S2. The van der Waals surface area contributed by atoms with Crippen LogP contribution in [0, 0.1) is 0 Å². The molecule has 19 heteroatoms. The van der Waals surface area contributed by atoms with Gasteiger partial charge in [0.05, 0.1) is 31.2 Å². The van der Waals surface area contributed by atoms with Crippen molar-refractivity contribution in [2.24, 2.45) is 0 Å². The summed E-state index contributed by atoms with van der Waals surface area (Å²) < 4.78 is 51.4. The van der Waals surface area contributed by atoms with Crippen LogP contribution in [-0.2, 0) is 20.0 Å². The fraction of sp³-hybridized carbons (Fsp3) is 0. The van der Waals surface area contributed by atoms with Gasteiger partial charge in [0.25, 0.3) is 20.0 Å². The summed E-state index contributed by atoms with van der Waals surface area (Å²) in [6.07, 6.45) is 0. The van der Waals surface area contributed by atoms with E-state index in [9.17, 15) is 26.4 Å². The van der Waals surface area contributed by atoms with Gasteiger partial charge in [0.2, 0.25) is 0 Å². The van der Waals surface area contributed by atoms with Crippen LogP contribution in [0.4, 0.5) is 0 Å². The molecule has 11 N–H and O–H groups in total. The average Bonchev–Trinajstić information content (AvgIpc) is 2.52. The summed E-state index contributed by atoms with van der Waals surface area (Å²) in [6.45, 7) is 0. The molecule has 0 spiro atoms. The summed E-state index contributed by atoms with van der Waals surface area (Å²) in [7, 11) is -9.92. The van der Waals surface area contributed by atoms with Crippen LogP contribution < -0.4 is 4.13 Å². The van der Waals surface area contributed by atoms with Crippen molar-refractivity contribution >= 4 is 78.4 Å². The zero-order valence-electron chi connectivity index (χ0n) is 15.5. The molecule has 0 atom stereocenters. The number of sulfonamides is 2. The van der Waals surface area contributed by atoms with Crippen LogP contribution in [0.15, 0.2) is 34.1 Å². The molecule has 2 aromatic carbocycles. The molecule has 188 valence electrons. The van der Waals surface area contributed by atoms with Gasteiger partial charge in [-0.25, -0.2) is 26.4 Å². The number of rotatable bonds is 6. The van der Waals surface area contributed by atoms with Gasteiger partial charge < -0.3 is 32.1 Å². The topological polar surface area (TPSA) is 281 Å². The highest BCUT2D eigenvalue weighted by Gasteiger charge is 2.31. The van der Waals surface area contributed by atoms with E-state index in [0.717, 1.165) is 12.1 Å². The number of carboxylic acid groups (broad SMARTS) is 2. The monoisotopic (exact) mass is 593 g/mol. The van der Waals surface area contributed by atoms with Crippen LogP contribution in [-0.4, -0.2) is 60.9 Å². The molecule has 0 heterocycles. The molecule has 0 aliphatic carbocycles. The van der Waals surface area contributed by atoms with Gasteiger partial charge in [0.1, 0.15) is 9.79 Å². The highest BCUT2D eigenvalue weighted by atomic mass is 35.5. The minimum absolute atomic E-state index is 0. The third kappa shape index (κ3) is 7.62. The third-order valence-corrected chi connectivity index (χ3v) is 8.37. The molecule has 33 heavy (non-hydrogen) atoms. The predicted octanol–water partition coefficient (Wildman–Crippen LogP) is 0.0650. The van der Waals surface area contributed by atoms with Gasteiger partial charge >= 0.3 is 11.9 Å². The number of halogens is 4. The van der Waals surface area contributed by atoms with Crippen LogP contribution in [0.3, 0.4) is 0 Å². The summed E-state index contributed by atoms with van der Waals surface area (Å²) in [6, 6.07) is 2.76. The van der Waals surface area contributed by atoms with Crippen LogP contribution >= 0.6 is 46.4 Å². The van der Waals surface area contributed by atoms with Gasteiger partial charge in [-0.15, -0.1) is 4.13 Å². The minimum atomic E-state index is -4.96. The maximum absolute atomic E-state index is 12.5. The molecule has 0 aromatic heterocycles. The van der Waals surface area contributed by atoms with Crippen LogP contribution in [0.1, 0.15) is 20.7 Å². The molecule has 13 nitrogen and oxygen atoms in total. The molecule has 0 saturated heterocycles. The van der Waals surface area contributed by atoms with Crippen molar-refractivity contribution in [1.29, 1.82) is 0 Å². The number of hydrogen-bond donors (Lipinski definition) is 3. The molecule has 0 amide bonds. The van der Waals surface area contributed by atoms with E-state index in [1.807, 2.05) is 0 Å². The number of nitrogens with one attached hydrogen (secondary N) is 1. The Balaban J connectivity index is -0.00000225. The fourth-order valence-corrected chi connectivity index (χ4v) is 6.62. The molecule has 0 fully saturated rings. The lowest BCUT2D eigenvalue weighted by molar-refractivity contribution is 0.0686. The number of aromatic carboxylic acids is 2. The lowest BCUT2D eigenvalue weighted by Crippen LogP contribution is -2.31. The molecule has 0 radical (unpaired) electrons. The van der Waals surface area contributed by atoms with Crippen LogP contribution in [0.2, 0.25) is 20.1 Å². The van der Waals surface area contributed by atoms with E-state index in [1.165, 1.54) is 4.13 Å². The van der Waals surface area contributed by atoms with E-state index < -0.39 is 62.9 Å². The normalized spacial score (nSPS) is 10.5. The Hall–Kier alpha value is -1.76. The molecular weight excluding hydrogens is 580 g/mol. The van der Waals surface area contributed by atoms with Gasteiger partial charge in [0.15, 0.2) is 0 Å². The van der Waals surface area contributed by atoms with Crippen molar-refractivity contribution in [3.8, 4) is 0 Å². The first kappa shape index (κ1) is 35.8. The first-order valence-electron chi connectivity index (χ1n) is 6.90. The van der Waals surface area contributed by atoms with Crippen molar-refractivity contribution < 1.29 is 58.5 Å². The van der Waals surface area contributed by atoms with Gasteiger partial charge in [0, 0.05) is 0 Å². The van der Waals surface area contributed by atoms with E-state index >= 15 is 0 Å². The summed E-state index contributed by atoms with van der Waals surface area (Å²) >= 11 is 22.9. The van der Waals surface area contributed by atoms with Crippen molar-refractivity contribution in [2.45, 2.75) is 9.79 Å². The number of carbonyl (C=O) groups is 2. The molecule has 2 rings (SSSR count). The second-order valence-corrected chi connectivity index (χ2v) is 10.4. The highest BCUT2D eigenvalue weighted by molar-refractivity contribution is 8.04. The summed E-state index contributed by atoms with van der Waals surface area (Å²) in [4.78, 5) is 20.5. The van der Waals surface area contributed by atoms with Crippen LogP contribution in [0.25, 0.3) is 0 Å². The largest absolute Gasteiger partial charge is 0.478 e. The van der Waals surface area contributed by atoms with E-state index in [0.29, 0.717) is 12.1 Å². The Labute approximate surface area is 205 Å². The Kier molecular flexibility index (Phi) is 13.7. The van der Waals surface area contributed by atoms with Crippen molar-refractivity contribution in [3.05, 3.63) is 55.5 Å². The van der Waals surface area contributed by atoms with Crippen molar-refractivity contribution in [2.75, 3.05) is 0 Å². The lowest BCUT2D eigenvalue weighted by Gasteiger charge is -2.12. The Bertz CT molecular complexity index is 1170. The summed E-state index contributed by atoms with van der Waals surface area (Å²) in [5, 5.41) is 16.2. The Morgan fingerprint density at radius 1 is 0.606 bits per heavy atom. The molecule has 0 saturated carbocycles. The minimum Gasteiger partial charge on any atom is -0.478 e. The Morgan fingerprint density at radius 3 is 1.12 bits per heavy atom. The molecule has 0 aliphatic heterocycles. The summed E-state index contributed by atoms with van der Waals surface area (Å²) in [5.41, 5.74) is -1.29. The SMILES string of the molecule is O.O.O.O.O=C(O)c1cc(S(=O)(=O)NS(=O)(=O)c2cc(C(=O)O)c(Cl)cc2Cl)c(Cl)cc1Cl. The zero-order chi connectivity index (χ0) is 22.3. The van der Waals surface area contributed by atoms with Gasteiger partial charge in [-0.05, 0) is 24.3 Å². The first-order valence-corrected chi connectivity index (χ1v) is 11.4. The predicted molar refractivity (Wildman–Crippen MR) is 119 cm³/mol. The number of benzene rings is 2. The molecule has 2 aromatic rings. The van der Waals surface area contributed by atoms with Gasteiger partial charge in [-0.1, -0.05) is 46.4 Å². The maximum Gasteiger partial charge on any atom is 0.337 e. The second-order valence-electron chi connectivity index (χ2n) is 5.23. The standard InChI is InChI=1S/C14H7Cl4NO8S2.4H2O/c15-7-3-9(17)11(1-5(7)13(20)21)28(24,25)19-29(26,27)12-2-6(14(22)23)8(16)4-10(12)18;;;;/h1-4,19H,(H,20,21)(H,22,23);4*1H2. The number of carboxylic acids is 2. The smallest absolute Gasteiger partial charge is 0.337 e. The summed E-state index contributed by atoms with van der Waals surface area (Å²) in [5.74, 6) is -3.17. The average molecular weight is 595 g/mol. The van der Waals surface area contributed by atoms with Crippen molar-refractivity contribution in [1.82, 2.24) is 4.13 Å². The zero-order valence-corrected chi connectivity index (χ0v) is 20.1. The third-order valence-electron chi connectivity index (χ3n) is 3.30. The van der Waals surface area contributed by atoms with E-state index in [-0.39, 0.29) is 32.0 Å². The fourth-order valence-electron chi connectivity index (χ4n) is 2.03. The van der Waals surface area contributed by atoms with E-state index in [2.05, 4.69) is 0 Å². The van der Waals surface area contributed by atoms with Gasteiger partial charge in [-0.3, -0.25) is 0 Å². The number of hydrogen-bond acceptors (Lipinski definition) is 6. The maximum atomic E-state index is 12.5. The second kappa shape index (κ2) is 12.6. The van der Waals surface area contributed by atoms with Crippen molar-refractivity contribution in [3.63, 3.8) is 0 Å². The van der Waals surface area contributed by atoms with Crippen LogP contribution in [0.5, 0.6) is 0 Å². The Morgan fingerprint density at radius 2 is 0.879 bits per heavy atom. The van der Waals surface area contributed by atoms with E-state index in [1.54, 1.807) is 0 Å². The highest BCUT2D eigenvalue weighted by Crippen LogP contribution is 2.32. The lowest BCUT2D eigenvalue weighted by atomic mass is 10.2. The van der Waals surface area contributed by atoms with E-state index in [4.69, 9.17) is 56.6 Å². The molecule has 0 bridgehead atoms.